The molecule has 0 bridgehead atoms. The molecule has 33 heavy (non-hydrogen) atoms. The first-order valence-corrected chi connectivity index (χ1v) is 15.2. The second kappa shape index (κ2) is 9.85. The van der Waals surface area contributed by atoms with E-state index in [1.165, 1.54) is 96.3 Å². The summed E-state index contributed by atoms with van der Waals surface area (Å²) in [6.07, 6.45) is 23.5. The minimum absolute atomic E-state index is 0.319. The maximum absolute atomic E-state index is 12.6. The van der Waals surface area contributed by atoms with Gasteiger partial charge in [0, 0.05) is 13.0 Å². The Morgan fingerprint density at radius 1 is 0.818 bits per heavy atom. The molecule has 0 aromatic rings. The highest BCUT2D eigenvalue weighted by Gasteiger charge is 2.60. The summed E-state index contributed by atoms with van der Waals surface area (Å²) in [4.78, 5) is 12.6. The number of hydrogen-bond donors (Lipinski definition) is 1. The summed E-state index contributed by atoms with van der Waals surface area (Å²) >= 11 is 0. The Hall–Kier alpha value is -0.530. The fourth-order valence-electron chi connectivity index (χ4n) is 10.6. The molecular weight excluding hydrogens is 402 g/mol. The lowest BCUT2D eigenvalue weighted by atomic mass is 9.44. The molecule has 1 N–H and O–H groups in total. The van der Waals surface area contributed by atoms with Gasteiger partial charge >= 0.3 is 0 Å². The molecule has 5 rings (SSSR count). The summed E-state index contributed by atoms with van der Waals surface area (Å²) in [5.41, 5.74) is 1.19. The summed E-state index contributed by atoms with van der Waals surface area (Å²) in [6, 6.07) is 0. The van der Waals surface area contributed by atoms with Crippen LogP contribution in [0.2, 0.25) is 0 Å². The van der Waals surface area contributed by atoms with Crippen LogP contribution < -0.4 is 5.32 Å². The Balaban J connectivity index is 1.16. The van der Waals surface area contributed by atoms with E-state index in [2.05, 4.69) is 26.1 Å². The lowest BCUT2D eigenvalue weighted by Gasteiger charge is -2.61. The van der Waals surface area contributed by atoms with Crippen molar-refractivity contribution in [2.24, 2.45) is 52.3 Å². The van der Waals surface area contributed by atoms with Crippen LogP contribution in [0.1, 0.15) is 130 Å². The summed E-state index contributed by atoms with van der Waals surface area (Å²) in [5.74, 6) is 6.59. The Morgan fingerprint density at radius 2 is 1.58 bits per heavy atom. The van der Waals surface area contributed by atoms with Gasteiger partial charge in [0.05, 0.1) is 0 Å². The maximum Gasteiger partial charge on any atom is 0.220 e. The van der Waals surface area contributed by atoms with Gasteiger partial charge in [0.25, 0.3) is 0 Å². The lowest BCUT2D eigenvalue weighted by Crippen LogP contribution is -2.53. The molecule has 0 aliphatic heterocycles. The molecule has 8 unspecified atom stereocenters. The van der Waals surface area contributed by atoms with Gasteiger partial charge in [-0.1, -0.05) is 52.9 Å². The van der Waals surface area contributed by atoms with E-state index in [9.17, 15) is 4.79 Å². The van der Waals surface area contributed by atoms with Gasteiger partial charge in [-0.15, -0.1) is 0 Å². The predicted octanol–water partition coefficient (Wildman–Crippen LogP) is 8.15. The molecule has 5 fully saturated rings. The normalized spacial score (nSPS) is 44.4. The Labute approximate surface area is 204 Å². The fraction of sp³-hybridized carbons (Fsp3) is 0.968. The van der Waals surface area contributed by atoms with Gasteiger partial charge in [-0.25, -0.2) is 0 Å². The molecule has 0 saturated heterocycles. The van der Waals surface area contributed by atoms with Crippen LogP contribution in [0.4, 0.5) is 0 Å². The molecule has 5 saturated carbocycles. The lowest BCUT2D eigenvalue weighted by molar-refractivity contribution is -0.122. The monoisotopic (exact) mass is 455 g/mol. The number of carbonyl (C=O) groups excluding carboxylic acids is 1. The van der Waals surface area contributed by atoms with Crippen molar-refractivity contribution in [2.45, 2.75) is 130 Å². The van der Waals surface area contributed by atoms with Crippen molar-refractivity contribution in [1.82, 2.24) is 5.32 Å². The molecule has 0 heterocycles. The highest BCUT2D eigenvalue weighted by molar-refractivity contribution is 5.75. The van der Waals surface area contributed by atoms with Crippen LogP contribution in [0.5, 0.6) is 0 Å². The van der Waals surface area contributed by atoms with Crippen molar-refractivity contribution in [1.29, 1.82) is 0 Å². The molecule has 0 spiro atoms. The van der Waals surface area contributed by atoms with E-state index in [1.807, 2.05) is 0 Å². The van der Waals surface area contributed by atoms with Crippen molar-refractivity contribution < 1.29 is 4.79 Å². The van der Waals surface area contributed by atoms with Gasteiger partial charge in [0.2, 0.25) is 5.91 Å². The van der Waals surface area contributed by atoms with Crippen molar-refractivity contribution in [3.05, 3.63) is 0 Å². The van der Waals surface area contributed by atoms with E-state index < -0.39 is 0 Å². The van der Waals surface area contributed by atoms with Crippen molar-refractivity contribution in [3.8, 4) is 0 Å². The van der Waals surface area contributed by atoms with Gasteiger partial charge in [-0.05, 0) is 123 Å². The molecule has 0 aromatic carbocycles. The average molecular weight is 456 g/mol. The quantitative estimate of drug-likeness (QED) is 0.430. The second-order valence-electron chi connectivity index (χ2n) is 14.0. The van der Waals surface area contributed by atoms with E-state index in [-0.39, 0.29) is 0 Å². The smallest absolute Gasteiger partial charge is 0.220 e. The van der Waals surface area contributed by atoms with Crippen LogP contribution in [0.25, 0.3) is 0 Å². The SMILES string of the molecule is CC(CCC(=O)NCC1CCCCC1)C1CCC2C3CCC4CCCCC4(C)C3CCC12C. The van der Waals surface area contributed by atoms with Crippen LogP contribution in [0.15, 0.2) is 0 Å². The highest BCUT2D eigenvalue weighted by atomic mass is 16.1. The zero-order chi connectivity index (χ0) is 23.1. The molecule has 2 nitrogen and oxygen atoms in total. The summed E-state index contributed by atoms with van der Waals surface area (Å²) in [5, 5.41) is 3.29. The number of carbonyl (C=O) groups is 1. The molecule has 0 aromatic heterocycles. The average Bonchev–Trinajstić information content (AvgIpc) is 3.19. The topological polar surface area (TPSA) is 29.1 Å². The summed E-state index contributed by atoms with van der Waals surface area (Å²) in [7, 11) is 0. The van der Waals surface area contributed by atoms with E-state index in [0.717, 1.165) is 54.9 Å². The van der Waals surface area contributed by atoms with Crippen molar-refractivity contribution in [3.63, 3.8) is 0 Å². The molecule has 0 radical (unpaired) electrons. The minimum Gasteiger partial charge on any atom is -0.356 e. The Kier molecular flexibility index (Phi) is 7.21. The molecule has 8 atom stereocenters. The van der Waals surface area contributed by atoms with Gasteiger partial charge in [-0.3, -0.25) is 4.79 Å². The fourth-order valence-corrected chi connectivity index (χ4v) is 10.6. The van der Waals surface area contributed by atoms with E-state index in [4.69, 9.17) is 0 Å². The standard InChI is InChI=1S/C31H53NO/c1-22(12-17-29(33)32-21-23-9-5-4-6-10-23)26-15-16-27-25-14-13-24-11-7-8-19-30(24,2)28(25)18-20-31(26,27)3/h22-28H,4-21H2,1-3H3,(H,32,33). The van der Waals surface area contributed by atoms with Crippen LogP contribution in [0, 0.1) is 52.3 Å². The van der Waals surface area contributed by atoms with Gasteiger partial charge < -0.3 is 5.32 Å². The number of hydrogen-bond acceptors (Lipinski definition) is 1. The zero-order valence-corrected chi connectivity index (χ0v) is 22.2. The summed E-state index contributed by atoms with van der Waals surface area (Å²) < 4.78 is 0. The first kappa shape index (κ1) is 24.2. The van der Waals surface area contributed by atoms with Crippen molar-refractivity contribution >= 4 is 5.91 Å². The van der Waals surface area contributed by atoms with Crippen LogP contribution in [0.3, 0.4) is 0 Å². The number of fused-ring (bicyclic) bond motifs is 5. The number of rotatable bonds is 6. The van der Waals surface area contributed by atoms with Gasteiger partial charge in [0.15, 0.2) is 0 Å². The molecule has 2 heteroatoms. The third-order valence-corrected chi connectivity index (χ3v) is 12.5. The second-order valence-corrected chi connectivity index (χ2v) is 14.0. The minimum atomic E-state index is 0.319. The molecule has 188 valence electrons. The van der Waals surface area contributed by atoms with Gasteiger partial charge in [0.1, 0.15) is 0 Å². The third-order valence-electron chi connectivity index (χ3n) is 12.5. The zero-order valence-electron chi connectivity index (χ0n) is 22.2. The largest absolute Gasteiger partial charge is 0.356 e. The molecule has 1 amide bonds. The first-order chi connectivity index (χ1) is 15.9. The first-order valence-electron chi connectivity index (χ1n) is 15.2. The molecular formula is C31H53NO. The van der Waals surface area contributed by atoms with Crippen LogP contribution in [-0.4, -0.2) is 12.5 Å². The highest BCUT2D eigenvalue weighted by Crippen LogP contribution is 2.68. The van der Waals surface area contributed by atoms with E-state index >= 15 is 0 Å². The Morgan fingerprint density at radius 3 is 2.39 bits per heavy atom. The van der Waals surface area contributed by atoms with Crippen molar-refractivity contribution in [2.75, 3.05) is 6.54 Å². The van der Waals surface area contributed by atoms with Gasteiger partial charge in [-0.2, -0.15) is 0 Å². The maximum atomic E-state index is 12.6. The van der Waals surface area contributed by atoms with Crippen LogP contribution in [-0.2, 0) is 4.79 Å². The number of nitrogens with one attached hydrogen (secondary N) is 1. The molecule has 5 aliphatic carbocycles. The summed E-state index contributed by atoms with van der Waals surface area (Å²) in [6.45, 7) is 8.80. The number of amides is 1. The molecule has 5 aliphatic rings. The van der Waals surface area contributed by atoms with Crippen LogP contribution >= 0.6 is 0 Å². The Bertz CT molecular complexity index is 682. The third kappa shape index (κ3) is 4.55. The predicted molar refractivity (Wildman–Crippen MR) is 138 cm³/mol. The van der Waals surface area contributed by atoms with E-state index in [1.54, 1.807) is 0 Å². The van der Waals surface area contributed by atoms with E-state index in [0.29, 0.717) is 22.7 Å².